The Morgan fingerprint density at radius 3 is 1.18 bits per heavy atom. The monoisotopic (exact) mass is 776 g/mol. The first-order valence-corrected chi connectivity index (χ1v) is 20.7. The molecule has 2 aromatic heterocycles. The number of aromatic nitrogens is 4. The maximum absolute atomic E-state index is 5.28. The SMILES string of the molecule is c1ccc(-c2ccc(-c3nc(-c4ccccc4)nc(-c4cc(-c5ccc6c7ccccc7c7ccccc7c6c5)cc(-n5c6ccccc6c6ccccc65)c4)n3)cc2)cc1. The fourth-order valence-electron chi connectivity index (χ4n) is 9.12. The number of hydrogen-bond acceptors (Lipinski definition) is 3. The van der Waals surface area contributed by atoms with E-state index in [0.717, 1.165) is 50.1 Å². The molecular weight excluding hydrogens is 741 g/mol. The number of rotatable bonds is 6. The summed E-state index contributed by atoms with van der Waals surface area (Å²) >= 11 is 0. The summed E-state index contributed by atoms with van der Waals surface area (Å²) in [5, 5.41) is 9.90. The fourth-order valence-corrected chi connectivity index (χ4v) is 9.12. The number of hydrogen-bond donors (Lipinski definition) is 0. The molecule has 0 saturated carbocycles. The minimum atomic E-state index is 0.608. The Morgan fingerprint density at radius 2 is 0.607 bits per heavy atom. The Kier molecular flexibility index (Phi) is 8.13. The van der Waals surface area contributed by atoms with E-state index in [-0.39, 0.29) is 0 Å². The molecule has 0 radical (unpaired) electrons. The normalized spacial score (nSPS) is 11.6. The molecule has 61 heavy (non-hydrogen) atoms. The summed E-state index contributed by atoms with van der Waals surface area (Å²) in [5.41, 5.74) is 10.6. The predicted molar refractivity (Wildman–Crippen MR) is 254 cm³/mol. The van der Waals surface area contributed by atoms with Crippen LogP contribution < -0.4 is 0 Å². The predicted octanol–water partition coefficient (Wildman–Crippen LogP) is 14.8. The molecule has 0 amide bonds. The Hall–Kier alpha value is -8.21. The average molecular weight is 777 g/mol. The molecule has 12 rings (SSSR count). The first-order valence-electron chi connectivity index (χ1n) is 20.7. The first-order chi connectivity index (χ1) is 30.2. The molecule has 0 aliphatic carbocycles. The van der Waals surface area contributed by atoms with Crippen LogP contribution in [0.25, 0.3) is 116 Å². The van der Waals surface area contributed by atoms with Crippen molar-refractivity contribution < 1.29 is 0 Å². The summed E-state index contributed by atoms with van der Waals surface area (Å²) < 4.78 is 2.38. The lowest BCUT2D eigenvalue weighted by molar-refractivity contribution is 1.07. The van der Waals surface area contributed by atoms with Gasteiger partial charge >= 0.3 is 0 Å². The van der Waals surface area contributed by atoms with E-state index in [2.05, 4.69) is 199 Å². The van der Waals surface area contributed by atoms with E-state index < -0.39 is 0 Å². The number of fused-ring (bicyclic) bond motifs is 9. The lowest BCUT2D eigenvalue weighted by atomic mass is 9.91. The van der Waals surface area contributed by atoms with Gasteiger partial charge in [-0.2, -0.15) is 0 Å². The zero-order valence-corrected chi connectivity index (χ0v) is 33.1. The van der Waals surface area contributed by atoms with Crippen LogP contribution in [0, 0.1) is 0 Å². The summed E-state index contributed by atoms with van der Waals surface area (Å²) in [5.74, 6) is 1.86. The van der Waals surface area contributed by atoms with Gasteiger partial charge in [-0.3, -0.25) is 0 Å². The van der Waals surface area contributed by atoms with Gasteiger partial charge in [0.05, 0.1) is 11.0 Å². The van der Waals surface area contributed by atoms with Crippen molar-refractivity contribution in [3.05, 3.63) is 218 Å². The Labute approximate surface area is 352 Å². The molecule has 0 atom stereocenters. The molecule has 4 heteroatoms. The van der Waals surface area contributed by atoms with Gasteiger partial charge in [-0.15, -0.1) is 0 Å². The summed E-state index contributed by atoms with van der Waals surface area (Å²) in [7, 11) is 0. The molecule has 0 saturated heterocycles. The minimum absolute atomic E-state index is 0.608. The van der Waals surface area contributed by atoms with E-state index in [0.29, 0.717) is 17.5 Å². The fraction of sp³-hybridized carbons (Fsp3) is 0. The van der Waals surface area contributed by atoms with Gasteiger partial charge in [-0.05, 0) is 91.0 Å². The molecule has 10 aromatic carbocycles. The molecule has 4 nitrogen and oxygen atoms in total. The molecule has 0 spiro atoms. The van der Waals surface area contributed by atoms with Crippen LogP contribution in [0.5, 0.6) is 0 Å². The van der Waals surface area contributed by atoms with Crippen molar-refractivity contribution in [1.29, 1.82) is 0 Å². The molecule has 0 aliphatic heterocycles. The van der Waals surface area contributed by atoms with Crippen molar-refractivity contribution >= 4 is 54.1 Å². The lowest BCUT2D eigenvalue weighted by Crippen LogP contribution is -2.02. The third-order valence-electron chi connectivity index (χ3n) is 12.0. The van der Waals surface area contributed by atoms with Gasteiger partial charge in [0.25, 0.3) is 0 Å². The standard InChI is InChI=1S/C57H36N4/c1-3-15-37(16-4-1)38-27-29-40(30-28-38)56-58-55(39-17-5-2-6-18-39)59-57(60-56)43-33-42(34-44(35-43)61-53-25-13-11-23-50(53)51-24-12-14-26-54(51)61)41-31-32-49-47-21-8-7-19-45(47)46-20-9-10-22-48(46)52(49)36-41/h1-36H. The second kappa shape index (κ2) is 14.3. The van der Waals surface area contributed by atoms with E-state index in [1.54, 1.807) is 0 Å². The third-order valence-corrected chi connectivity index (χ3v) is 12.0. The molecule has 0 aliphatic rings. The van der Waals surface area contributed by atoms with Gasteiger partial charge < -0.3 is 4.57 Å². The number of para-hydroxylation sites is 2. The van der Waals surface area contributed by atoms with Crippen LogP contribution in [0.3, 0.4) is 0 Å². The van der Waals surface area contributed by atoms with Crippen LogP contribution in [0.15, 0.2) is 218 Å². The molecule has 284 valence electrons. The molecule has 0 N–H and O–H groups in total. The highest BCUT2D eigenvalue weighted by Gasteiger charge is 2.18. The number of nitrogens with zero attached hydrogens (tertiary/aromatic N) is 4. The molecule has 0 unspecified atom stereocenters. The first kappa shape index (κ1) is 34.8. The summed E-state index contributed by atoms with van der Waals surface area (Å²) in [4.78, 5) is 15.6. The van der Waals surface area contributed by atoms with Crippen LogP contribution in [0.4, 0.5) is 0 Å². The average Bonchev–Trinajstić information content (AvgIpc) is 3.69. The summed E-state index contributed by atoms with van der Waals surface area (Å²) in [6, 6.07) is 77.7. The second-order valence-corrected chi connectivity index (χ2v) is 15.6. The zero-order chi connectivity index (χ0) is 40.3. The minimum Gasteiger partial charge on any atom is -0.309 e. The molecule has 12 aromatic rings. The van der Waals surface area contributed by atoms with Crippen LogP contribution in [-0.4, -0.2) is 19.5 Å². The van der Waals surface area contributed by atoms with E-state index in [1.807, 2.05) is 24.3 Å². The van der Waals surface area contributed by atoms with Crippen molar-refractivity contribution in [2.75, 3.05) is 0 Å². The van der Waals surface area contributed by atoms with Crippen molar-refractivity contribution in [2.45, 2.75) is 0 Å². The highest BCUT2D eigenvalue weighted by atomic mass is 15.0. The van der Waals surface area contributed by atoms with Gasteiger partial charge in [0, 0.05) is 33.2 Å². The molecule has 0 fully saturated rings. The highest BCUT2D eigenvalue weighted by molar-refractivity contribution is 6.25. The van der Waals surface area contributed by atoms with Crippen molar-refractivity contribution in [2.24, 2.45) is 0 Å². The van der Waals surface area contributed by atoms with Gasteiger partial charge in [0.15, 0.2) is 17.5 Å². The third kappa shape index (κ3) is 5.96. The van der Waals surface area contributed by atoms with Gasteiger partial charge in [-0.25, -0.2) is 15.0 Å². The highest BCUT2D eigenvalue weighted by Crippen LogP contribution is 2.40. The van der Waals surface area contributed by atoms with Crippen LogP contribution >= 0.6 is 0 Å². The zero-order valence-electron chi connectivity index (χ0n) is 33.1. The van der Waals surface area contributed by atoms with E-state index in [1.165, 1.54) is 48.7 Å². The Balaban J connectivity index is 1.11. The van der Waals surface area contributed by atoms with Crippen LogP contribution in [0.2, 0.25) is 0 Å². The van der Waals surface area contributed by atoms with Gasteiger partial charge in [0.1, 0.15) is 0 Å². The van der Waals surface area contributed by atoms with Crippen molar-refractivity contribution in [3.8, 4) is 62.1 Å². The second-order valence-electron chi connectivity index (χ2n) is 15.6. The topological polar surface area (TPSA) is 43.6 Å². The molecule has 2 heterocycles. The molecule has 0 bridgehead atoms. The smallest absolute Gasteiger partial charge is 0.164 e. The number of benzene rings is 10. The van der Waals surface area contributed by atoms with Crippen molar-refractivity contribution in [1.82, 2.24) is 19.5 Å². The molecular formula is C57H36N4. The van der Waals surface area contributed by atoms with E-state index in [4.69, 9.17) is 15.0 Å². The summed E-state index contributed by atoms with van der Waals surface area (Å²) in [6.45, 7) is 0. The van der Waals surface area contributed by atoms with E-state index in [9.17, 15) is 0 Å². The van der Waals surface area contributed by atoms with Crippen molar-refractivity contribution in [3.63, 3.8) is 0 Å². The Bertz CT molecular complexity index is 3540. The maximum atomic E-state index is 5.28. The largest absolute Gasteiger partial charge is 0.309 e. The van der Waals surface area contributed by atoms with Gasteiger partial charge in [0.2, 0.25) is 0 Å². The van der Waals surface area contributed by atoms with E-state index >= 15 is 0 Å². The maximum Gasteiger partial charge on any atom is 0.164 e. The van der Waals surface area contributed by atoms with Crippen LogP contribution in [0.1, 0.15) is 0 Å². The van der Waals surface area contributed by atoms with Crippen LogP contribution in [-0.2, 0) is 0 Å². The lowest BCUT2D eigenvalue weighted by Gasteiger charge is -2.16. The summed E-state index contributed by atoms with van der Waals surface area (Å²) in [6.07, 6.45) is 0. The van der Waals surface area contributed by atoms with Gasteiger partial charge in [-0.1, -0.05) is 182 Å². The Morgan fingerprint density at radius 1 is 0.230 bits per heavy atom. The quantitative estimate of drug-likeness (QED) is 0.158.